The maximum Gasteiger partial charge on any atom is 0.326 e. The highest BCUT2D eigenvalue weighted by molar-refractivity contribution is 7.13. The number of thiazole rings is 1. The summed E-state index contributed by atoms with van der Waals surface area (Å²) >= 11 is 1.29. The molecule has 0 radical (unpaired) electrons. The molecule has 4 N–H and O–H groups in total. The van der Waals surface area contributed by atoms with Crippen molar-refractivity contribution < 1.29 is 19.4 Å². The molecule has 0 aliphatic carbocycles. The van der Waals surface area contributed by atoms with Crippen LogP contribution in [0, 0.1) is 0 Å². The van der Waals surface area contributed by atoms with E-state index in [-0.39, 0.29) is 6.79 Å². The van der Waals surface area contributed by atoms with Gasteiger partial charge < -0.3 is 25.6 Å². The number of fused-ring (bicyclic) bond motifs is 1. The quantitative estimate of drug-likeness (QED) is 0.787. The predicted molar refractivity (Wildman–Crippen MR) is 72.5 cm³/mol. The number of rotatable bonds is 4. The van der Waals surface area contributed by atoms with Gasteiger partial charge in [-0.05, 0) is 12.1 Å². The van der Waals surface area contributed by atoms with Gasteiger partial charge in [-0.3, -0.25) is 4.79 Å². The summed E-state index contributed by atoms with van der Waals surface area (Å²) in [5, 5.41) is 14.1. The zero-order valence-electron chi connectivity index (χ0n) is 10.2. The van der Waals surface area contributed by atoms with Crippen LogP contribution in [0.25, 0.3) is 0 Å². The molecule has 7 nitrogen and oxygen atoms in total. The fourth-order valence-corrected chi connectivity index (χ4v) is 2.48. The van der Waals surface area contributed by atoms with Crippen molar-refractivity contribution in [3.8, 4) is 11.5 Å². The normalized spacial score (nSPS) is 14.1. The van der Waals surface area contributed by atoms with Gasteiger partial charge in [0.25, 0.3) is 0 Å². The fraction of sp³-hybridized carbons (Fsp3) is 0.167. The van der Waals surface area contributed by atoms with Gasteiger partial charge in [-0.15, -0.1) is 11.3 Å². The average Bonchev–Trinajstić information content (AvgIpc) is 3.06. The molecule has 0 amide bonds. The second kappa shape index (κ2) is 4.99. The Morgan fingerprint density at radius 1 is 1.45 bits per heavy atom. The highest BCUT2D eigenvalue weighted by Gasteiger charge is 2.18. The Hall–Kier alpha value is -2.32. The molecule has 0 fully saturated rings. The lowest BCUT2D eigenvalue weighted by molar-refractivity contribution is -0.138. The number of ether oxygens (including phenoxy) is 2. The van der Waals surface area contributed by atoms with E-state index in [4.69, 9.17) is 20.3 Å². The predicted octanol–water partition coefficient (Wildman–Crippen LogP) is 1.70. The van der Waals surface area contributed by atoms with E-state index in [0.29, 0.717) is 22.3 Å². The number of hydrogen-bond acceptors (Lipinski definition) is 7. The summed E-state index contributed by atoms with van der Waals surface area (Å²) in [7, 11) is 0. The second-order valence-corrected chi connectivity index (χ2v) is 4.94. The SMILES string of the molecule is NC(C(=O)O)c1csc(Nc2ccc3c(c2)OCO3)n1. The molecule has 1 aromatic carbocycles. The number of nitrogens with two attached hydrogens (primary N) is 1. The summed E-state index contributed by atoms with van der Waals surface area (Å²) in [5.74, 6) is 0.252. The lowest BCUT2D eigenvalue weighted by atomic mass is 10.2. The van der Waals surface area contributed by atoms with Crippen molar-refractivity contribution >= 4 is 28.1 Å². The highest BCUT2D eigenvalue weighted by Crippen LogP contribution is 2.35. The van der Waals surface area contributed by atoms with Gasteiger partial charge in [-0.25, -0.2) is 4.98 Å². The van der Waals surface area contributed by atoms with Gasteiger partial charge in [0.05, 0.1) is 5.69 Å². The van der Waals surface area contributed by atoms with Crippen LogP contribution in [0.2, 0.25) is 0 Å². The van der Waals surface area contributed by atoms with Crippen LogP contribution in [0.4, 0.5) is 10.8 Å². The third-order valence-corrected chi connectivity index (χ3v) is 3.51. The minimum atomic E-state index is -1.11. The first-order chi connectivity index (χ1) is 9.63. The smallest absolute Gasteiger partial charge is 0.326 e. The molecule has 1 aliphatic heterocycles. The zero-order chi connectivity index (χ0) is 14.1. The van der Waals surface area contributed by atoms with Crippen LogP contribution in [0.15, 0.2) is 23.6 Å². The van der Waals surface area contributed by atoms with Crippen molar-refractivity contribution in [3.05, 3.63) is 29.3 Å². The van der Waals surface area contributed by atoms with Crippen LogP contribution >= 0.6 is 11.3 Å². The molecule has 2 aromatic rings. The maximum absolute atomic E-state index is 10.8. The molecule has 1 atom stereocenters. The molecule has 0 saturated heterocycles. The number of anilines is 2. The van der Waals surface area contributed by atoms with Crippen molar-refractivity contribution in [2.75, 3.05) is 12.1 Å². The third kappa shape index (κ3) is 2.38. The number of aromatic nitrogens is 1. The lowest BCUT2D eigenvalue weighted by Crippen LogP contribution is -2.20. The standard InChI is InChI=1S/C12H11N3O4S/c13-10(11(16)17)7-4-20-12(15-7)14-6-1-2-8-9(3-6)19-5-18-8/h1-4,10H,5,13H2,(H,14,15)(H,16,17). The van der Waals surface area contributed by atoms with E-state index < -0.39 is 12.0 Å². The third-order valence-electron chi connectivity index (χ3n) is 2.73. The van der Waals surface area contributed by atoms with E-state index in [0.717, 1.165) is 5.69 Å². The minimum absolute atomic E-state index is 0.216. The van der Waals surface area contributed by atoms with Gasteiger partial charge in [-0.2, -0.15) is 0 Å². The first kappa shape index (κ1) is 12.7. The summed E-state index contributed by atoms with van der Waals surface area (Å²) in [6, 6.07) is 4.30. The van der Waals surface area contributed by atoms with Gasteiger partial charge >= 0.3 is 5.97 Å². The van der Waals surface area contributed by atoms with E-state index in [9.17, 15) is 4.79 Å². The number of hydrogen-bond donors (Lipinski definition) is 3. The lowest BCUT2D eigenvalue weighted by Gasteiger charge is -2.04. The molecule has 1 aliphatic rings. The molecule has 1 aromatic heterocycles. The molecule has 0 saturated carbocycles. The molecule has 2 heterocycles. The average molecular weight is 293 g/mol. The number of carboxylic acids is 1. The summed E-state index contributed by atoms with van der Waals surface area (Å²) in [6.45, 7) is 0.216. The summed E-state index contributed by atoms with van der Waals surface area (Å²) < 4.78 is 10.5. The molecule has 3 rings (SSSR count). The Labute approximate surface area is 118 Å². The minimum Gasteiger partial charge on any atom is -0.480 e. The van der Waals surface area contributed by atoms with E-state index in [1.807, 2.05) is 6.07 Å². The van der Waals surface area contributed by atoms with Crippen molar-refractivity contribution in [1.82, 2.24) is 4.98 Å². The monoisotopic (exact) mass is 293 g/mol. The summed E-state index contributed by atoms with van der Waals surface area (Å²) in [5.41, 5.74) is 6.60. The maximum atomic E-state index is 10.8. The Morgan fingerprint density at radius 3 is 3.05 bits per heavy atom. The van der Waals surface area contributed by atoms with Crippen LogP contribution < -0.4 is 20.5 Å². The van der Waals surface area contributed by atoms with Crippen molar-refractivity contribution in [2.24, 2.45) is 5.73 Å². The first-order valence-corrected chi connectivity index (χ1v) is 6.62. The van der Waals surface area contributed by atoms with Crippen LogP contribution in [-0.4, -0.2) is 22.9 Å². The van der Waals surface area contributed by atoms with Gasteiger partial charge in [0.1, 0.15) is 6.04 Å². The molecule has 104 valence electrons. The number of carbonyl (C=O) groups is 1. The van der Waals surface area contributed by atoms with Crippen molar-refractivity contribution in [3.63, 3.8) is 0 Å². The Balaban J connectivity index is 1.76. The molecular weight excluding hydrogens is 282 g/mol. The van der Waals surface area contributed by atoms with Crippen LogP contribution in [-0.2, 0) is 4.79 Å². The largest absolute Gasteiger partial charge is 0.480 e. The molecule has 1 unspecified atom stereocenters. The molecule has 20 heavy (non-hydrogen) atoms. The molecule has 8 heteroatoms. The zero-order valence-corrected chi connectivity index (χ0v) is 11.0. The van der Waals surface area contributed by atoms with E-state index >= 15 is 0 Å². The molecule has 0 bridgehead atoms. The van der Waals surface area contributed by atoms with Gasteiger partial charge in [0, 0.05) is 17.1 Å². The molecule has 0 spiro atoms. The number of aliphatic carboxylic acids is 1. The van der Waals surface area contributed by atoms with Crippen molar-refractivity contribution in [2.45, 2.75) is 6.04 Å². The van der Waals surface area contributed by atoms with E-state index in [1.165, 1.54) is 11.3 Å². The van der Waals surface area contributed by atoms with E-state index in [1.54, 1.807) is 17.5 Å². The number of nitrogens with one attached hydrogen (secondary N) is 1. The number of carboxylic acid groups (broad SMARTS) is 1. The number of nitrogens with zero attached hydrogens (tertiary/aromatic N) is 1. The highest BCUT2D eigenvalue weighted by atomic mass is 32.1. The fourth-order valence-electron chi connectivity index (χ4n) is 1.71. The molecular formula is C12H11N3O4S. The van der Waals surface area contributed by atoms with Crippen molar-refractivity contribution in [1.29, 1.82) is 0 Å². The van der Waals surface area contributed by atoms with Crippen LogP contribution in [0.5, 0.6) is 11.5 Å². The Morgan fingerprint density at radius 2 is 2.25 bits per heavy atom. The summed E-state index contributed by atoms with van der Waals surface area (Å²) in [6.07, 6.45) is 0. The van der Waals surface area contributed by atoms with Crippen LogP contribution in [0.1, 0.15) is 11.7 Å². The Kier molecular flexibility index (Phi) is 3.17. The second-order valence-electron chi connectivity index (χ2n) is 4.09. The van der Waals surface area contributed by atoms with Gasteiger partial charge in [0.15, 0.2) is 16.6 Å². The van der Waals surface area contributed by atoms with Crippen LogP contribution in [0.3, 0.4) is 0 Å². The van der Waals surface area contributed by atoms with E-state index in [2.05, 4.69) is 10.3 Å². The topological polar surface area (TPSA) is 107 Å². The summed E-state index contributed by atoms with van der Waals surface area (Å²) in [4.78, 5) is 14.9. The van der Waals surface area contributed by atoms with Gasteiger partial charge in [0.2, 0.25) is 6.79 Å². The Bertz CT molecular complexity index is 658. The first-order valence-electron chi connectivity index (χ1n) is 5.74. The van der Waals surface area contributed by atoms with Gasteiger partial charge in [-0.1, -0.05) is 0 Å². The number of benzene rings is 1.